The van der Waals surface area contributed by atoms with Crippen LogP contribution in [0.5, 0.6) is 5.75 Å². The molecule has 0 bridgehead atoms. The molecule has 1 aromatic carbocycles. The summed E-state index contributed by atoms with van der Waals surface area (Å²) in [6.45, 7) is 0. The first-order valence-corrected chi connectivity index (χ1v) is 4.62. The summed E-state index contributed by atoms with van der Waals surface area (Å²) in [4.78, 5) is 10.2. The minimum Gasteiger partial charge on any atom is -0.490 e. The summed E-state index contributed by atoms with van der Waals surface area (Å²) in [5, 5.41) is 18.1. The molecule has 2 aromatic rings. The minimum absolute atomic E-state index is 0.107. The highest BCUT2D eigenvalue weighted by molar-refractivity contribution is 5.53. The summed E-state index contributed by atoms with van der Waals surface area (Å²) in [6.07, 6.45) is 1.50. The van der Waals surface area contributed by atoms with Crippen LogP contribution in [0, 0.1) is 10.1 Å². The molecular weight excluding hydrogens is 226 g/mol. The molecule has 0 fully saturated rings. The number of nitro benzene ring substituents is 1. The molecule has 0 unspecified atom stereocenters. The van der Waals surface area contributed by atoms with Gasteiger partial charge in [-0.05, 0) is 6.07 Å². The third-order valence-electron chi connectivity index (χ3n) is 2.14. The molecule has 0 amide bonds. The van der Waals surface area contributed by atoms with E-state index in [4.69, 9.17) is 10.5 Å². The molecule has 0 aliphatic carbocycles. The number of nitrogens with two attached hydrogens (primary N) is 1. The lowest BCUT2D eigenvalue weighted by molar-refractivity contribution is -0.385. The van der Waals surface area contributed by atoms with E-state index in [2.05, 4.69) is 10.3 Å². The lowest BCUT2D eigenvalue weighted by Gasteiger charge is -2.04. The van der Waals surface area contributed by atoms with Crippen molar-refractivity contribution >= 4 is 11.5 Å². The quantitative estimate of drug-likeness (QED) is 0.621. The second-order valence-corrected chi connectivity index (χ2v) is 3.20. The number of nitro groups is 1. The molecule has 88 valence electrons. The molecule has 0 spiro atoms. The second-order valence-electron chi connectivity index (χ2n) is 3.20. The van der Waals surface area contributed by atoms with Crippen molar-refractivity contribution in [1.29, 1.82) is 0 Å². The Bertz CT molecular complexity index is 566. The van der Waals surface area contributed by atoms with Crippen molar-refractivity contribution in [3.8, 4) is 11.4 Å². The number of nitrogens with zero attached hydrogens (tertiary/aromatic N) is 4. The zero-order valence-electron chi connectivity index (χ0n) is 8.90. The fraction of sp³-hybridized carbons (Fsp3) is 0.111. The minimum atomic E-state index is -0.516. The third-order valence-corrected chi connectivity index (χ3v) is 2.14. The van der Waals surface area contributed by atoms with Crippen molar-refractivity contribution in [2.45, 2.75) is 0 Å². The van der Waals surface area contributed by atoms with Crippen molar-refractivity contribution < 1.29 is 9.66 Å². The normalized spacial score (nSPS) is 10.2. The van der Waals surface area contributed by atoms with Gasteiger partial charge in [0.15, 0.2) is 11.6 Å². The number of methoxy groups -OCH3 is 1. The van der Waals surface area contributed by atoms with Crippen molar-refractivity contribution in [3.63, 3.8) is 0 Å². The van der Waals surface area contributed by atoms with E-state index in [1.165, 1.54) is 36.2 Å². The summed E-state index contributed by atoms with van der Waals surface area (Å²) in [6, 6.07) is 4.37. The Balaban J connectivity index is 2.48. The van der Waals surface area contributed by atoms with Gasteiger partial charge in [0.2, 0.25) is 0 Å². The summed E-state index contributed by atoms with van der Waals surface area (Å²) in [7, 11) is 1.36. The Morgan fingerprint density at radius 3 is 2.82 bits per heavy atom. The van der Waals surface area contributed by atoms with E-state index in [1.807, 2.05) is 0 Å². The van der Waals surface area contributed by atoms with Crippen LogP contribution in [0.15, 0.2) is 24.4 Å². The summed E-state index contributed by atoms with van der Waals surface area (Å²) in [5.74, 6) is 0.420. The highest BCUT2D eigenvalue weighted by Gasteiger charge is 2.15. The van der Waals surface area contributed by atoms with Gasteiger partial charge in [0.05, 0.1) is 23.9 Å². The Labute approximate surface area is 95.8 Å². The average molecular weight is 235 g/mol. The van der Waals surface area contributed by atoms with Gasteiger partial charge in [-0.2, -0.15) is 0 Å². The van der Waals surface area contributed by atoms with Gasteiger partial charge in [-0.1, -0.05) is 5.21 Å². The van der Waals surface area contributed by atoms with Gasteiger partial charge in [-0.3, -0.25) is 10.1 Å². The van der Waals surface area contributed by atoms with Crippen molar-refractivity contribution in [1.82, 2.24) is 15.0 Å². The Morgan fingerprint density at radius 1 is 1.53 bits per heavy atom. The molecule has 0 saturated carbocycles. The summed E-state index contributed by atoms with van der Waals surface area (Å²) >= 11 is 0. The number of rotatable bonds is 3. The van der Waals surface area contributed by atoms with Crippen molar-refractivity contribution in [2.75, 3.05) is 12.8 Å². The molecule has 1 heterocycles. The topological polar surface area (TPSA) is 109 Å². The van der Waals surface area contributed by atoms with Gasteiger partial charge in [-0.25, -0.2) is 4.68 Å². The first-order chi connectivity index (χ1) is 8.11. The van der Waals surface area contributed by atoms with Crippen LogP contribution in [-0.4, -0.2) is 27.0 Å². The predicted octanol–water partition coefficient (Wildman–Crippen LogP) is 0.766. The Morgan fingerprint density at radius 2 is 2.29 bits per heavy atom. The number of benzene rings is 1. The molecule has 2 N–H and O–H groups in total. The van der Waals surface area contributed by atoms with Crippen LogP contribution in [0.1, 0.15) is 0 Å². The van der Waals surface area contributed by atoms with Gasteiger partial charge in [0.1, 0.15) is 0 Å². The first-order valence-electron chi connectivity index (χ1n) is 4.62. The van der Waals surface area contributed by atoms with E-state index in [0.29, 0.717) is 5.69 Å². The van der Waals surface area contributed by atoms with Crippen molar-refractivity contribution in [2.24, 2.45) is 0 Å². The third kappa shape index (κ3) is 2.00. The largest absolute Gasteiger partial charge is 0.490 e. The van der Waals surface area contributed by atoms with Crippen molar-refractivity contribution in [3.05, 3.63) is 34.5 Å². The molecule has 0 aliphatic heterocycles. The van der Waals surface area contributed by atoms with E-state index < -0.39 is 4.92 Å². The second kappa shape index (κ2) is 4.08. The number of aromatic nitrogens is 3. The fourth-order valence-electron chi connectivity index (χ4n) is 1.36. The van der Waals surface area contributed by atoms with Gasteiger partial charge >= 0.3 is 5.69 Å². The number of hydrogen-bond acceptors (Lipinski definition) is 6. The molecule has 0 radical (unpaired) electrons. The van der Waals surface area contributed by atoms with Crippen LogP contribution >= 0.6 is 0 Å². The molecule has 8 nitrogen and oxygen atoms in total. The zero-order valence-corrected chi connectivity index (χ0v) is 8.90. The molecule has 8 heteroatoms. The van der Waals surface area contributed by atoms with E-state index in [0.717, 1.165) is 0 Å². The van der Waals surface area contributed by atoms with Crippen LogP contribution in [0.3, 0.4) is 0 Å². The summed E-state index contributed by atoms with van der Waals surface area (Å²) < 4.78 is 6.35. The predicted molar refractivity (Wildman–Crippen MR) is 59.0 cm³/mol. The maximum atomic E-state index is 10.7. The SMILES string of the molecule is COc1cc(-n2cc(N)nn2)ccc1[N+](=O)[O-]. The highest BCUT2D eigenvalue weighted by atomic mass is 16.6. The lowest BCUT2D eigenvalue weighted by Crippen LogP contribution is -1.98. The van der Waals surface area contributed by atoms with E-state index in [1.54, 1.807) is 0 Å². The van der Waals surface area contributed by atoms with E-state index in [9.17, 15) is 10.1 Å². The fourth-order valence-corrected chi connectivity index (χ4v) is 1.36. The van der Waals surface area contributed by atoms with E-state index >= 15 is 0 Å². The van der Waals surface area contributed by atoms with Crippen LogP contribution in [0.2, 0.25) is 0 Å². The molecule has 17 heavy (non-hydrogen) atoms. The smallest absolute Gasteiger partial charge is 0.311 e. The maximum absolute atomic E-state index is 10.7. The first kappa shape index (κ1) is 10.9. The van der Waals surface area contributed by atoms with Gasteiger partial charge in [0, 0.05) is 12.1 Å². The monoisotopic (exact) mass is 235 g/mol. The molecule has 0 atom stereocenters. The van der Waals surface area contributed by atoms with Crippen LogP contribution in [0.4, 0.5) is 11.5 Å². The number of hydrogen-bond donors (Lipinski definition) is 1. The standard InChI is InChI=1S/C9H9N5O3/c1-17-8-4-6(2-3-7(8)14(15)16)13-5-9(10)11-12-13/h2-5H,10H2,1H3. The molecular formula is C9H9N5O3. The van der Waals surface area contributed by atoms with Gasteiger partial charge < -0.3 is 10.5 Å². The van der Waals surface area contributed by atoms with E-state index in [-0.39, 0.29) is 17.3 Å². The van der Waals surface area contributed by atoms with Crippen LogP contribution < -0.4 is 10.5 Å². The zero-order chi connectivity index (χ0) is 12.4. The number of nitrogen functional groups attached to an aromatic ring is 1. The van der Waals surface area contributed by atoms with Gasteiger partial charge in [0.25, 0.3) is 0 Å². The van der Waals surface area contributed by atoms with Gasteiger partial charge in [-0.15, -0.1) is 5.10 Å². The molecule has 0 saturated heterocycles. The lowest BCUT2D eigenvalue weighted by atomic mass is 10.2. The Hall–Kier alpha value is -2.64. The number of ether oxygens (including phenoxy) is 1. The average Bonchev–Trinajstić information content (AvgIpc) is 2.75. The molecule has 2 rings (SSSR count). The van der Waals surface area contributed by atoms with Crippen LogP contribution in [-0.2, 0) is 0 Å². The summed E-state index contributed by atoms with van der Waals surface area (Å²) in [5.41, 5.74) is 5.90. The maximum Gasteiger partial charge on any atom is 0.311 e. The molecule has 0 aliphatic rings. The number of anilines is 1. The van der Waals surface area contributed by atoms with Crippen LogP contribution in [0.25, 0.3) is 5.69 Å². The Kier molecular flexibility index (Phi) is 2.61. The highest BCUT2D eigenvalue weighted by Crippen LogP contribution is 2.28. The molecule has 1 aromatic heterocycles.